The van der Waals surface area contributed by atoms with E-state index in [0.717, 1.165) is 51.3 Å². The van der Waals surface area contributed by atoms with Gasteiger partial charge in [0.2, 0.25) is 0 Å². The van der Waals surface area contributed by atoms with Crippen molar-refractivity contribution in [2.24, 2.45) is 0 Å². The lowest BCUT2D eigenvalue weighted by Crippen LogP contribution is -2.37. The number of rotatable bonds is 7. The monoisotopic (exact) mass is 402 g/mol. The standard InChI is InChI=1S/C20H31BN4O4/c1-4-7-18(24-11-6-10-23(3)12-13-24)19-22-17-9-8-15(29-21(27)28)14-16(17)20(26)25(19)5-2/h8-9,14,18,27-28H,4-7,10-13H2,1-3H3. The van der Waals surface area contributed by atoms with E-state index in [0.29, 0.717) is 17.4 Å². The van der Waals surface area contributed by atoms with Gasteiger partial charge in [-0.1, -0.05) is 13.3 Å². The minimum atomic E-state index is -1.93. The summed E-state index contributed by atoms with van der Waals surface area (Å²) < 4.78 is 6.65. The maximum absolute atomic E-state index is 13.2. The van der Waals surface area contributed by atoms with Crippen molar-refractivity contribution >= 4 is 18.2 Å². The van der Waals surface area contributed by atoms with Crippen molar-refractivity contribution in [1.29, 1.82) is 0 Å². The van der Waals surface area contributed by atoms with Gasteiger partial charge in [0.05, 0.1) is 16.9 Å². The number of benzene rings is 1. The second-order valence-electron chi connectivity index (χ2n) is 7.64. The minimum absolute atomic E-state index is 0.0961. The Morgan fingerprint density at radius 2 is 2.00 bits per heavy atom. The predicted octanol–water partition coefficient (Wildman–Crippen LogP) is 1.24. The van der Waals surface area contributed by atoms with Crippen LogP contribution in [0.3, 0.4) is 0 Å². The number of hydrogen-bond acceptors (Lipinski definition) is 7. The number of likely N-dealkylation sites (N-methyl/N-ethyl adjacent to an activating group) is 1. The fraction of sp³-hybridized carbons (Fsp3) is 0.600. The van der Waals surface area contributed by atoms with E-state index in [4.69, 9.17) is 19.7 Å². The minimum Gasteiger partial charge on any atom is -0.512 e. The van der Waals surface area contributed by atoms with Crippen LogP contribution in [0.15, 0.2) is 23.0 Å². The van der Waals surface area contributed by atoms with E-state index in [2.05, 4.69) is 23.8 Å². The number of nitrogens with zero attached hydrogens (tertiary/aromatic N) is 4. The van der Waals surface area contributed by atoms with Crippen molar-refractivity contribution in [3.8, 4) is 5.75 Å². The first-order valence-corrected chi connectivity index (χ1v) is 10.4. The number of hydrogen-bond donors (Lipinski definition) is 2. The fourth-order valence-electron chi connectivity index (χ4n) is 4.10. The Morgan fingerprint density at radius 1 is 1.21 bits per heavy atom. The Morgan fingerprint density at radius 3 is 2.69 bits per heavy atom. The van der Waals surface area contributed by atoms with Crippen molar-refractivity contribution in [2.75, 3.05) is 33.2 Å². The molecule has 29 heavy (non-hydrogen) atoms. The second kappa shape index (κ2) is 9.71. The van der Waals surface area contributed by atoms with Gasteiger partial charge in [0.15, 0.2) is 0 Å². The molecule has 0 aliphatic carbocycles. The van der Waals surface area contributed by atoms with Crippen molar-refractivity contribution in [3.63, 3.8) is 0 Å². The molecule has 3 rings (SSSR count). The third-order valence-corrected chi connectivity index (χ3v) is 5.57. The molecule has 2 N–H and O–H groups in total. The highest BCUT2D eigenvalue weighted by atomic mass is 16.6. The zero-order valence-electron chi connectivity index (χ0n) is 17.5. The van der Waals surface area contributed by atoms with E-state index in [9.17, 15) is 4.79 Å². The third-order valence-electron chi connectivity index (χ3n) is 5.57. The van der Waals surface area contributed by atoms with Crippen LogP contribution in [0, 0.1) is 0 Å². The summed E-state index contributed by atoms with van der Waals surface area (Å²) in [5.41, 5.74) is 0.473. The summed E-state index contributed by atoms with van der Waals surface area (Å²) in [7, 11) is 0.223. The molecule has 8 nitrogen and oxygen atoms in total. The third kappa shape index (κ3) is 4.98. The summed E-state index contributed by atoms with van der Waals surface area (Å²) in [6.07, 6.45) is 3.06. The van der Waals surface area contributed by atoms with Gasteiger partial charge in [0, 0.05) is 26.2 Å². The number of aromatic nitrogens is 2. The lowest BCUT2D eigenvalue weighted by molar-refractivity contribution is 0.180. The van der Waals surface area contributed by atoms with E-state index >= 15 is 0 Å². The Bertz CT molecular complexity index is 889. The lowest BCUT2D eigenvalue weighted by atomic mass is 10.1. The van der Waals surface area contributed by atoms with Crippen molar-refractivity contribution in [1.82, 2.24) is 19.4 Å². The highest BCUT2D eigenvalue weighted by Gasteiger charge is 2.26. The van der Waals surface area contributed by atoms with Crippen LogP contribution in [0.1, 0.15) is 45.0 Å². The number of fused-ring (bicyclic) bond motifs is 1. The van der Waals surface area contributed by atoms with Crippen molar-refractivity contribution in [2.45, 2.75) is 45.7 Å². The predicted molar refractivity (Wildman–Crippen MR) is 114 cm³/mol. The second-order valence-corrected chi connectivity index (χ2v) is 7.64. The van der Waals surface area contributed by atoms with E-state index in [-0.39, 0.29) is 17.4 Å². The molecule has 0 amide bonds. The molecule has 1 aliphatic heterocycles. The largest absolute Gasteiger partial charge is 0.707 e. The molecule has 1 aromatic carbocycles. The normalized spacial score (nSPS) is 17.3. The summed E-state index contributed by atoms with van der Waals surface area (Å²) in [5, 5.41) is 18.5. The van der Waals surface area contributed by atoms with Crippen LogP contribution in [-0.4, -0.2) is 69.9 Å². The van der Waals surface area contributed by atoms with Crippen LogP contribution in [0.25, 0.3) is 10.9 Å². The fourth-order valence-corrected chi connectivity index (χ4v) is 4.10. The molecule has 1 aliphatic rings. The molecular weight excluding hydrogens is 371 g/mol. The maximum atomic E-state index is 13.2. The molecule has 0 bridgehead atoms. The van der Waals surface area contributed by atoms with E-state index in [1.807, 2.05) is 6.92 Å². The highest BCUT2D eigenvalue weighted by molar-refractivity contribution is 6.33. The molecule has 1 atom stereocenters. The highest BCUT2D eigenvalue weighted by Crippen LogP contribution is 2.27. The van der Waals surface area contributed by atoms with Crippen LogP contribution < -0.4 is 10.2 Å². The summed E-state index contributed by atoms with van der Waals surface area (Å²) in [6, 6.07) is 4.93. The molecule has 0 saturated carbocycles. The van der Waals surface area contributed by atoms with Crippen molar-refractivity contribution in [3.05, 3.63) is 34.4 Å². The van der Waals surface area contributed by atoms with Gasteiger partial charge in [-0.25, -0.2) is 4.98 Å². The SMILES string of the molecule is CCCC(c1nc2ccc(OB(O)O)cc2c(=O)n1CC)N1CCCN(C)CC1. The average Bonchev–Trinajstić information content (AvgIpc) is 2.90. The average molecular weight is 402 g/mol. The Hall–Kier alpha value is -1.94. The molecule has 1 aromatic heterocycles. The summed E-state index contributed by atoms with van der Waals surface area (Å²) in [5.74, 6) is 1.04. The van der Waals surface area contributed by atoms with Crippen LogP contribution in [0.5, 0.6) is 5.75 Å². The molecule has 1 fully saturated rings. The molecule has 1 unspecified atom stereocenters. The van der Waals surface area contributed by atoms with Crippen LogP contribution >= 0.6 is 0 Å². The first-order chi connectivity index (χ1) is 13.9. The topological polar surface area (TPSA) is 91.1 Å². The Kier molecular flexibility index (Phi) is 7.29. The van der Waals surface area contributed by atoms with E-state index < -0.39 is 7.32 Å². The molecule has 1 saturated heterocycles. The van der Waals surface area contributed by atoms with Crippen LogP contribution in [-0.2, 0) is 6.54 Å². The molecule has 0 spiro atoms. The van der Waals surface area contributed by atoms with E-state index in [1.54, 1.807) is 16.7 Å². The van der Waals surface area contributed by atoms with Crippen molar-refractivity contribution < 1.29 is 14.7 Å². The molecule has 9 heteroatoms. The van der Waals surface area contributed by atoms with Gasteiger partial charge >= 0.3 is 7.32 Å². The zero-order valence-corrected chi connectivity index (χ0v) is 17.5. The first-order valence-electron chi connectivity index (χ1n) is 10.4. The van der Waals surface area contributed by atoms with Gasteiger partial charge in [-0.05, 0) is 51.6 Å². The lowest BCUT2D eigenvalue weighted by Gasteiger charge is -2.31. The molecule has 2 aromatic rings. The van der Waals surface area contributed by atoms with Gasteiger partial charge in [0.25, 0.3) is 5.56 Å². The van der Waals surface area contributed by atoms with Crippen LogP contribution in [0.4, 0.5) is 0 Å². The smallest absolute Gasteiger partial charge is 0.512 e. The quantitative estimate of drug-likeness (QED) is 0.674. The van der Waals surface area contributed by atoms with Gasteiger partial charge in [0.1, 0.15) is 11.6 Å². The molecule has 158 valence electrons. The molecular formula is C20H31BN4O4. The first kappa shape index (κ1) is 21.8. The van der Waals surface area contributed by atoms with Crippen LogP contribution in [0.2, 0.25) is 0 Å². The maximum Gasteiger partial charge on any atom is 0.707 e. The van der Waals surface area contributed by atoms with E-state index in [1.165, 1.54) is 6.07 Å². The summed E-state index contributed by atoms with van der Waals surface area (Å²) in [4.78, 5) is 23.0. The van der Waals surface area contributed by atoms with Gasteiger partial charge in [-0.2, -0.15) is 0 Å². The summed E-state index contributed by atoms with van der Waals surface area (Å²) >= 11 is 0. The van der Waals surface area contributed by atoms with Gasteiger partial charge in [-0.15, -0.1) is 0 Å². The summed E-state index contributed by atoms with van der Waals surface area (Å²) in [6.45, 7) is 8.69. The van der Waals surface area contributed by atoms with Gasteiger partial charge in [-0.3, -0.25) is 14.3 Å². The van der Waals surface area contributed by atoms with Gasteiger partial charge < -0.3 is 19.6 Å². The zero-order chi connectivity index (χ0) is 21.0. The molecule has 2 heterocycles. The molecule has 0 radical (unpaired) electrons. The Balaban J connectivity index is 2.06. The Labute approximate surface area is 171 Å².